The molecule has 0 unspecified atom stereocenters. The standard InChI is InChI=1S/C51H80O23/c1-18-13-28(69-45(18)74-48-41(64)38(61)35(58)29(16-52)70-48)32(55)19(2)31-27(54)15-26-24-8-7-22-14-23(9-11-50(22,5)25(24)10-12-51(26,31)6)68-49-44(73-47-40(63)37(60)34(57)21(4)67-47)42(65)43(30(17-53)71-49)72-46-39(62)36(59)33(56)20(3)66-46/h7,18-21,23-26,28-31,33-49,52-53,56-65H,8-17H2,1-6H3/t18-,19+,20+,21+,23+,24-,25+,26+,28+,29-,30-,31+,33+,34+,35-,36-,37-,38+,39-,40-,41-,42+,43-,44-,45+,46+,47+,48+,49-,50+,51+/m1/s1. The average Bonchev–Trinajstić information content (AvgIpc) is 3.88. The summed E-state index contributed by atoms with van der Waals surface area (Å²) in [6, 6.07) is 0. The number of ether oxygens (including phenoxy) is 9. The van der Waals surface area contributed by atoms with Crippen molar-refractivity contribution in [1.29, 1.82) is 0 Å². The van der Waals surface area contributed by atoms with Crippen molar-refractivity contribution in [2.24, 2.45) is 46.3 Å². The molecule has 8 fully saturated rings. The topological polar surface area (TPSA) is 360 Å². The molecule has 422 valence electrons. The Morgan fingerprint density at radius 2 is 1.19 bits per heavy atom. The number of fused-ring (bicyclic) bond motifs is 5. The highest BCUT2D eigenvalue weighted by Gasteiger charge is 2.64. The molecule has 5 heterocycles. The van der Waals surface area contributed by atoms with Gasteiger partial charge in [0.25, 0.3) is 0 Å². The highest BCUT2D eigenvalue weighted by molar-refractivity contribution is 5.94. The Morgan fingerprint density at radius 3 is 1.80 bits per heavy atom. The largest absolute Gasteiger partial charge is 0.394 e. The van der Waals surface area contributed by atoms with Crippen molar-refractivity contribution in [3.05, 3.63) is 11.6 Å². The first-order chi connectivity index (χ1) is 34.9. The molecule has 3 saturated carbocycles. The minimum Gasteiger partial charge on any atom is -0.394 e. The molecule has 0 amide bonds. The maximum Gasteiger partial charge on any atom is 0.189 e. The number of hydrogen-bond acceptors (Lipinski definition) is 23. The number of Topliss-reactive ketones (excluding diaryl/α,β-unsaturated/α-hetero) is 2. The van der Waals surface area contributed by atoms with Gasteiger partial charge in [0, 0.05) is 24.2 Å². The first kappa shape index (κ1) is 56.9. The van der Waals surface area contributed by atoms with E-state index in [0.717, 1.165) is 12.8 Å². The molecule has 0 aromatic rings. The molecule has 0 aromatic carbocycles. The third-order valence-corrected chi connectivity index (χ3v) is 19.0. The Hall–Kier alpha value is -1.76. The average molecular weight is 1060 g/mol. The van der Waals surface area contributed by atoms with E-state index in [2.05, 4.69) is 19.9 Å². The third-order valence-electron chi connectivity index (χ3n) is 19.0. The summed E-state index contributed by atoms with van der Waals surface area (Å²) < 4.78 is 54.0. The monoisotopic (exact) mass is 1060 g/mol. The smallest absolute Gasteiger partial charge is 0.189 e. The zero-order valence-electron chi connectivity index (χ0n) is 42.7. The summed E-state index contributed by atoms with van der Waals surface area (Å²) in [7, 11) is 0. The molecule has 0 radical (unpaired) electrons. The lowest BCUT2D eigenvalue weighted by Gasteiger charge is -2.58. The number of aliphatic hydroxyl groups excluding tert-OH is 12. The van der Waals surface area contributed by atoms with E-state index in [1.807, 2.05) is 6.92 Å². The fraction of sp³-hybridized carbons (Fsp3) is 0.922. The predicted molar refractivity (Wildman–Crippen MR) is 248 cm³/mol. The fourth-order valence-corrected chi connectivity index (χ4v) is 14.6. The third kappa shape index (κ3) is 10.0. The van der Waals surface area contributed by atoms with E-state index < -0.39 is 172 Å². The van der Waals surface area contributed by atoms with Crippen LogP contribution >= 0.6 is 0 Å². The normalized spacial score (nSPS) is 54.2. The zero-order chi connectivity index (χ0) is 53.6. The van der Waals surface area contributed by atoms with Crippen LogP contribution < -0.4 is 0 Å². The Kier molecular flexibility index (Phi) is 17.0. The number of allylic oxidation sites excluding steroid dienone is 1. The number of hydrogen-bond donors (Lipinski definition) is 12. The van der Waals surface area contributed by atoms with Crippen LogP contribution in [0.25, 0.3) is 0 Å². The van der Waals surface area contributed by atoms with Crippen molar-refractivity contribution in [2.75, 3.05) is 13.2 Å². The number of carbonyl (C=O) groups excluding carboxylic acids is 2. The van der Waals surface area contributed by atoms with Crippen LogP contribution in [0.5, 0.6) is 0 Å². The van der Waals surface area contributed by atoms with Crippen LogP contribution in [0.4, 0.5) is 0 Å². The van der Waals surface area contributed by atoms with Gasteiger partial charge in [0.2, 0.25) is 0 Å². The molecular weight excluding hydrogens is 981 g/mol. The zero-order valence-corrected chi connectivity index (χ0v) is 42.7. The lowest BCUT2D eigenvalue weighted by molar-refractivity contribution is -0.388. The van der Waals surface area contributed by atoms with E-state index in [1.54, 1.807) is 6.92 Å². The molecule has 31 atom stereocenters. The summed E-state index contributed by atoms with van der Waals surface area (Å²) in [4.78, 5) is 28.6. The molecule has 0 aromatic heterocycles. The molecule has 0 bridgehead atoms. The second kappa shape index (κ2) is 22.1. The Morgan fingerprint density at radius 1 is 0.622 bits per heavy atom. The molecule has 4 aliphatic carbocycles. The second-order valence-corrected chi connectivity index (χ2v) is 23.5. The minimum atomic E-state index is -1.78. The Labute approximate surface area is 429 Å². The van der Waals surface area contributed by atoms with Gasteiger partial charge in [0.15, 0.2) is 37.2 Å². The molecule has 23 nitrogen and oxygen atoms in total. The first-order valence-corrected chi connectivity index (χ1v) is 26.6. The molecule has 23 heteroatoms. The summed E-state index contributed by atoms with van der Waals surface area (Å²) in [6.45, 7) is 9.60. The second-order valence-electron chi connectivity index (χ2n) is 23.5. The van der Waals surface area contributed by atoms with Gasteiger partial charge in [-0.3, -0.25) is 9.59 Å². The summed E-state index contributed by atoms with van der Waals surface area (Å²) in [6.07, 6.45) is -25.5. The van der Waals surface area contributed by atoms with Gasteiger partial charge in [0.1, 0.15) is 97.3 Å². The van der Waals surface area contributed by atoms with Gasteiger partial charge in [-0.15, -0.1) is 0 Å². The van der Waals surface area contributed by atoms with E-state index in [-0.39, 0.29) is 47.1 Å². The maximum atomic E-state index is 14.3. The van der Waals surface area contributed by atoms with Crippen LogP contribution in [0.1, 0.15) is 92.9 Å². The Bertz CT molecular complexity index is 2010. The summed E-state index contributed by atoms with van der Waals surface area (Å²) in [5.41, 5.74) is 0.433. The molecule has 74 heavy (non-hydrogen) atoms. The van der Waals surface area contributed by atoms with Crippen LogP contribution in [0.2, 0.25) is 0 Å². The first-order valence-electron chi connectivity index (χ1n) is 26.6. The fourth-order valence-electron chi connectivity index (χ4n) is 14.6. The van der Waals surface area contributed by atoms with Crippen LogP contribution in [-0.4, -0.2) is 227 Å². The number of carbonyl (C=O) groups is 2. The minimum absolute atomic E-state index is 0.0141. The van der Waals surface area contributed by atoms with Crippen molar-refractivity contribution in [1.82, 2.24) is 0 Å². The molecule has 12 N–H and O–H groups in total. The van der Waals surface area contributed by atoms with Gasteiger partial charge < -0.3 is 104 Å². The summed E-state index contributed by atoms with van der Waals surface area (Å²) in [5, 5.41) is 127. The summed E-state index contributed by atoms with van der Waals surface area (Å²) in [5.74, 6) is -1.32. The molecule has 9 aliphatic rings. The van der Waals surface area contributed by atoms with Crippen LogP contribution in [0.3, 0.4) is 0 Å². The highest BCUT2D eigenvalue weighted by atomic mass is 16.8. The molecule has 9 rings (SSSR count). The molecule has 5 aliphatic heterocycles. The van der Waals surface area contributed by atoms with Crippen LogP contribution in [0.15, 0.2) is 11.6 Å². The number of ketones is 2. The lowest BCUT2D eigenvalue weighted by atomic mass is 9.47. The van der Waals surface area contributed by atoms with Gasteiger partial charge in [0.05, 0.1) is 31.5 Å². The van der Waals surface area contributed by atoms with Gasteiger partial charge in [-0.25, -0.2) is 0 Å². The van der Waals surface area contributed by atoms with Crippen LogP contribution in [-0.2, 0) is 52.2 Å². The van der Waals surface area contributed by atoms with Crippen LogP contribution in [0, 0.1) is 46.3 Å². The Balaban J connectivity index is 0.872. The number of aliphatic hydroxyl groups is 12. The SMILES string of the molecule is C[C@@H]1C[C@@H](C(=O)[C@@H](C)[C@H]2C(=O)C[C@H]3[C@@H]4CC=C5C[C@@H](O[C@@H]6O[C@H](CO)[C@@H](O[C@@H]7O[C@@H](C)[C@H](O)[C@@H](O)[C@H]7O)[C@H](O)[C@H]6O[C@@H]6O[C@@H](C)[C@H](O)[C@@H](O)[C@H]6O)CC[C@]5(C)[C@H]4CC[C@]23C)O[C@H]1O[C@@H]1O[C@H](CO)[C@@H](O)[C@H](O)[C@H]1O. The van der Waals surface area contributed by atoms with Crippen molar-refractivity contribution < 1.29 is 113 Å². The molecule has 0 spiro atoms. The summed E-state index contributed by atoms with van der Waals surface area (Å²) >= 11 is 0. The van der Waals surface area contributed by atoms with Gasteiger partial charge >= 0.3 is 0 Å². The number of rotatable bonds is 13. The van der Waals surface area contributed by atoms with Crippen molar-refractivity contribution in [3.63, 3.8) is 0 Å². The van der Waals surface area contributed by atoms with E-state index in [9.17, 15) is 70.9 Å². The quantitative estimate of drug-likeness (QED) is 0.0842. The maximum absolute atomic E-state index is 14.3. The van der Waals surface area contributed by atoms with Gasteiger partial charge in [-0.2, -0.15) is 0 Å². The highest BCUT2D eigenvalue weighted by Crippen LogP contribution is 2.67. The van der Waals surface area contributed by atoms with E-state index in [4.69, 9.17) is 42.6 Å². The van der Waals surface area contributed by atoms with E-state index in [1.165, 1.54) is 19.4 Å². The predicted octanol–water partition coefficient (Wildman–Crippen LogP) is -2.59. The molecule has 5 saturated heterocycles. The van der Waals surface area contributed by atoms with Crippen molar-refractivity contribution in [3.8, 4) is 0 Å². The lowest BCUT2D eigenvalue weighted by Crippen LogP contribution is -2.66. The van der Waals surface area contributed by atoms with Gasteiger partial charge in [-0.1, -0.05) is 39.3 Å². The van der Waals surface area contributed by atoms with Crippen molar-refractivity contribution >= 4 is 11.6 Å². The van der Waals surface area contributed by atoms with E-state index >= 15 is 0 Å². The van der Waals surface area contributed by atoms with Gasteiger partial charge in [-0.05, 0) is 87.4 Å². The molecular formula is C51H80O23. The van der Waals surface area contributed by atoms with E-state index in [0.29, 0.717) is 32.1 Å². The van der Waals surface area contributed by atoms with Crippen molar-refractivity contribution in [2.45, 2.75) is 234 Å².